The van der Waals surface area contributed by atoms with Crippen molar-refractivity contribution in [1.82, 2.24) is 5.32 Å². The molecule has 0 unspecified atom stereocenters. The summed E-state index contributed by atoms with van der Waals surface area (Å²) in [6.45, 7) is 0.706. The fourth-order valence-corrected chi connectivity index (χ4v) is 4.18. The average molecular weight is 249 g/mol. The first-order chi connectivity index (χ1) is 8.31. The van der Waals surface area contributed by atoms with Crippen LogP contribution in [-0.4, -0.2) is 5.91 Å². The Labute approximate surface area is 106 Å². The third-order valence-corrected chi connectivity index (χ3v) is 5.25. The van der Waals surface area contributed by atoms with E-state index in [1.165, 1.54) is 30.6 Å². The highest BCUT2D eigenvalue weighted by atomic mass is 32.1. The molecule has 17 heavy (non-hydrogen) atoms. The first-order valence-electron chi connectivity index (χ1n) is 6.60. The van der Waals surface area contributed by atoms with Crippen LogP contribution in [0.25, 0.3) is 0 Å². The van der Waals surface area contributed by atoms with Gasteiger partial charge >= 0.3 is 0 Å². The van der Waals surface area contributed by atoms with E-state index in [0.717, 1.165) is 18.3 Å². The largest absolute Gasteiger partial charge is 0.351 e. The van der Waals surface area contributed by atoms with Crippen LogP contribution in [0, 0.1) is 17.8 Å². The molecule has 0 spiro atoms. The number of rotatable bonds is 4. The highest BCUT2D eigenvalue weighted by molar-refractivity contribution is 7.09. The van der Waals surface area contributed by atoms with Crippen LogP contribution in [0.5, 0.6) is 0 Å². The summed E-state index contributed by atoms with van der Waals surface area (Å²) >= 11 is 1.71. The van der Waals surface area contributed by atoms with Gasteiger partial charge in [-0.25, -0.2) is 0 Å². The lowest BCUT2D eigenvalue weighted by Crippen LogP contribution is -2.26. The SMILES string of the molecule is O=C(C[C@@H]1C[C@H]2CC[C@H]1C2)NCc1cccs1. The van der Waals surface area contributed by atoms with Gasteiger partial charge in [-0.3, -0.25) is 4.79 Å². The van der Waals surface area contributed by atoms with Crippen LogP contribution >= 0.6 is 11.3 Å². The molecule has 0 aliphatic heterocycles. The second-order valence-corrected chi connectivity index (χ2v) is 6.53. The normalized spacial score (nSPS) is 30.7. The highest BCUT2D eigenvalue weighted by Gasteiger charge is 2.39. The highest BCUT2D eigenvalue weighted by Crippen LogP contribution is 2.49. The van der Waals surface area contributed by atoms with Crippen LogP contribution in [0.15, 0.2) is 17.5 Å². The number of carbonyl (C=O) groups excluding carboxylic acids is 1. The lowest BCUT2D eigenvalue weighted by atomic mass is 9.86. The van der Waals surface area contributed by atoms with E-state index in [9.17, 15) is 4.79 Å². The minimum absolute atomic E-state index is 0.246. The molecule has 1 aromatic heterocycles. The third kappa shape index (κ3) is 2.54. The maximum Gasteiger partial charge on any atom is 0.220 e. The zero-order valence-electron chi connectivity index (χ0n) is 10.0. The van der Waals surface area contributed by atoms with Crippen molar-refractivity contribution in [2.24, 2.45) is 17.8 Å². The van der Waals surface area contributed by atoms with Crippen molar-refractivity contribution in [3.05, 3.63) is 22.4 Å². The molecule has 2 bridgehead atoms. The van der Waals surface area contributed by atoms with Crippen molar-refractivity contribution in [3.8, 4) is 0 Å². The van der Waals surface area contributed by atoms with Gasteiger partial charge in [0.05, 0.1) is 6.54 Å². The van der Waals surface area contributed by atoms with Gasteiger partial charge in [-0.15, -0.1) is 11.3 Å². The van der Waals surface area contributed by atoms with E-state index in [1.807, 2.05) is 6.07 Å². The fourth-order valence-electron chi connectivity index (χ4n) is 3.54. The number of fused-ring (bicyclic) bond motifs is 2. The predicted octanol–water partition coefficient (Wildman–Crippen LogP) is 3.19. The standard InChI is InChI=1S/C14H19NOS/c16-14(15-9-13-2-1-5-17-13)8-12-7-10-3-4-11(12)6-10/h1-2,5,10-12H,3-4,6-9H2,(H,15,16)/t10-,11-,12-/m0/s1. The fraction of sp³-hybridized carbons (Fsp3) is 0.643. The van der Waals surface area contributed by atoms with Crippen molar-refractivity contribution in [2.75, 3.05) is 0 Å². The molecule has 2 saturated carbocycles. The Balaban J connectivity index is 1.44. The van der Waals surface area contributed by atoms with E-state index in [4.69, 9.17) is 0 Å². The van der Waals surface area contributed by atoms with Crippen LogP contribution in [0.4, 0.5) is 0 Å². The molecule has 2 aliphatic carbocycles. The second-order valence-electron chi connectivity index (χ2n) is 5.50. The number of amides is 1. The summed E-state index contributed by atoms with van der Waals surface area (Å²) in [5, 5.41) is 5.10. The molecule has 0 saturated heterocycles. The van der Waals surface area contributed by atoms with Crippen molar-refractivity contribution in [2.45, 2.75) is 38.6 Å². The third-order valence-electron chi connectivity index (χ3n) is 4.37. The van der Waals surface area contributed by atoms with Crippen molar-refractivity contribution in [1.29, 1.82) is 0 Å². The topological polar surface area (TPSA) is 29.1 Å². The first kappa shape index (κ1) is 11.3. The zero-order valence-corrected chi connectivity index (χ0v) is 10.8. The summed E-state index contributed by atoms with van der Waals surface area (Å²) < 4.78 is 0. The van der Waals surface area contributed by atoms with Gasteiger partial charge in [-0.05, 0) is 48.5 Å². The maximum absolute atomic E-state index is 11.9. The Morgan fingerprint density at radius 3 is 3.00 bits per heavy atom. The Morgan fingerprint density at radius 2 is 2.35 bits per heavy atom. The molecular formula is C14H19NOS. The van der Waals surface area contributed by atoms with E-state index in [2.05, 4.69) is 16.8 Å². The van der Waals surface area contributed by atoms with E-state index >= 15 is 0 Å². The Bertz CT molecular complexity index is 387. The van der Waals surface area contributed by atoms with Crippen LogP contribution in [0.1, 0.15) is 37.0 Å². The molecule has 1 amide bonds. The molecule has 92 valence electrons. The molecule has 2 aliphatic rings. The van der Waals surface area contributed by atoms with E-state index < -0.39 is 0 Å². The van der Waals surface area contributed by atoms with E-state index in [0.29, 0.717) is 12.5 Å². The molecule has 3 heteroatoms. The minimum atomic E-state index is 0.246. The quantitative estimate of drug-likeness (QED) is 0.872. The molecule has 1 N–H and O–H groups in total. The Morgan fingerprint density at radius 1 is 1.41 bits per heavy atom. The van der Waals surface area contributed by atoms with Gasteiger partial charge < -0.3 is 5.32 Å². The number of nitrogens with one attached hydrogen (secondary N) is 1. The lowest BCUT2D eigenvalue weighted by Gasteiger charge is -2.20. The van der Waals surface area contributed by atoms with Crippen LogP contribution < -0.4 is 5.32 Å². The summed E-state index contributed by atoms with van der Waals surface area (Å²) in [6, 6.07) is 4.10. The monoisotopic (exact) mass is 249 g/mol. The zero-order chi connectivity index (χ0) is 11.7. The molecule has 1 aromatic rings. The van der Waals surface area contributed by atoms with Crippen LogP contribution in [0.3, 0.4) is 0 Å². The summed E-state index contributed by atoms with van der Waals surface area (Å²) in [5.74, 6) is 2.72. The van der Waals surface area contributed by atoms with Gasteiger partial charge in [0, 0.05) is 11.3 Å². The maximum atomic E-state index is 11.9. The summed E-state index contributed by atoms with van der Waals surface area (Å²) in [5.41, 5.74) is 0. The predicted molar refractivity (Wildman–Crippen MR) is 69.7 cm³/mol. The second kappa shape index (κ2) is 4.81. The Hall–Kier alpha value is -0.830. The minimum Gasteiger partial charge on any atom is -0.351 e. The van der Waals surface area contributed by atoms with Crippen molar-refractivity contribution >= 4 is 17.2 Å². The summed E-state index contributed by atoms with van der Waals surface area (Å²) in [7, 11) is 0. The lowest BCUT2D eigenvalue weighted by molar-refractivity contribution is -0.122. The summed E-state index contributed by atoms with van der Waals surface area (Å²) in [4.78, 5) is 13.1. The van der Waals surface area contributed by atoms with E-state index in [1.54, 1.807) is 11.3 Å². The molecule has 1 heterocycles. The Kier molecular flexibility index (Phi) is 3.19. The van der Waals surface area contributed by atoms with Gasteiger partial charge in [0.25, 0.3) is 0 Å². The van der Waals surface area contributed by atoms with E-state index in [-0.39, 0.29) is 5.91 Å². The van der Waals surface area contributed by atoms with Gasteiger partial charge in [0.15, 0.2) is 0 Å². The van der Waals surface area contributed by atoms with Crippen LogP contribution in [-0.2, 0) is 11.3 Å². The van der Waals surface area contributed by atoms with Crippen molar-refractivity contribution < 1.29 is 4.79 Å². The average Bonchev–Trinajstić information content (AvgIpc) is 3.03. The summed E-state index contributed by atoms with van der Waals surface area (Å²) in [6.07, 6.45) is 6.23. The molecule has 0 aromatic carbocycles. The number of carbonyl (C=O) groups is 1. The smallest absolute Gasteiger partial charge is 0.220 e. The number of thiophene rings is 1. The van der Waals surface area contributed by atoms with Gasteiger partial charge in [-0.1, -0.05) is 12.5 Å². The van der Waals surface area contributed by atoms with Crippen molar-refractivity contribution in [3.63, 3.8) is 0 Å². The molecule has 3 atom stereocenters. The number of hydrogen-bond acceptors (Lipinski definition) is 2. The molecule has 2 nitrogen and oxygen atoms in total. The molecule has 2 fully saturated rings. The molecule has 0 radical (unpaired) electrons. The molecule has 3 rings (SSSR count). The van der Waals surface area contributed by atoms with Crippen LogP contribution in [0.2, 0.25) is 0 Å². The first-order valence-corrected chi connectivity index (χ1v) is 7.48. The van der Waals surface area contributed by atoms with Gasteiger partial charge in [0.1, 0.15) is 0 Å². The number of hydrogen-bond donors (Lipinski definition) is 1. The van der Waals surface area contributed by atoms with Gasteiger partial charge in [-0.2, -0.15) is 0 Å². The molecular weight excluding hydrogens is 230 g/mol. The van der Waals surface area contributed by atoms with Gasteiger partial charge in [0.2, 0.25) is 5.91 Å².